The van der Waals surface area contributed by atoms with Gasteiger partial charge in [0.05, 0.1) is 4.88 Å². The minimum Gasteiger partial charge on any atom is -0.450 e. The Morgan fingerprint density at radius 2 is 2.25 bits per heavy atom. The Balaban J connectivity index is 1.92. The summed E-state index contributed by atoms with van der Waals surface area (Å²) in [6.07, 6.45) is 1.81. The molecule has 0 atom stereocenters. The molecule has 9 heteroatoms. The number of hydrogen-bond donors (Lipinski definition) is 3. The van der Waals surface area contributed by atoms with Crippen LogP contribution in [0.4, 0.5) is 5.82 Å². The molecule has 0 radical (unpaired) electrons. The van der Waals surface area contributed by atoms with E-state index in [1.807, 2.05) is 26.2 Å². The van der Waals surface area contributed by atoms with Crippen LogP contribution in [0.25, 0.3) is 26.6 Å². The average Bonchev–Trinajstić information content (AvgIpc) is 3.30. The molecule has 24 heavy (non-hydrogen) atoms. The number of carbonyl (C=O) groups excluding carboxylic acids is 1. The Kier molecular flexibility index (Phi) is 3.25. The molecule has 122 valence electrons. The first-order valence-electron chi connectivity index (χ1n) is 7.19. The number of nitrogens with zero attached hydrogens (tertiary/aromatic N) is 3. The quantitative estimate of drug-likeness (QED) is 0.299. The lowest BCUT2D eigenvalue weighted by molar-refractivity contribution is 0.0927. The molecule has 0 saturated heterocycles. The van der Waals surface area contributed by atoms with Crippen LogP contribution in [-0.4, -0.2) is 27.3 Å². The Morgan fingerprint density at radius 3 is 3.00 bits per heavy atom. The van der Waals surface area contributed by atoms with E-state index in [4.69, 9.17) is 10.3 Å². The van der Waals surface area contributed by atoms with Crippen LogP contribution in [-0.2, 0) is 0 Å². The monoisotopic (exact) mass is 342 g/mol. The second-order valence-electron chi connectivity index (χ2n) is 5.21. The normalized spacial score (nSPS) is 11.3. The smallest absolute Gasteiger partial charge is 0.300 e. The zero-order chi connectivity index (χ0) is 16.8. The van der Waals surface area contributed by atoms with Crippen molar-refractivity contribution in [3.63, 3.8) is 0 Å². The van der Waals surface area contributed by atoms with E-state index in [0.717, 1.165) is 26.6 Å². The first-order chi connectivity index (χ1) is 11.6. The molecule has 0 aliphatic rings. The molecule has 4 aromatic rings. The standard InChI is InChI=1S/C15H14N6O2S/c1-7-6-18-13-12(17-2)19-8-5-11(24-15(8)21(7)13)9-3-4-10(23-9)14(22)20-16/h3-6H,16H2,1-2H3,(H,17,19)(H,20,22). The van der Waals surface area contributed by atoms with Crippen molar-refractivity contribution in [3.05, 3.63) is 35.9 Å². The summed E-state index contributed by atoms with van der Waals surface area (Å²) < 4.78 is 7.64. The van der Waals surface area contributed by atoms with Gasteiger partial charge >= 0.3 is 5.91 Å². The van der Waals surface area contributed by atoms with Crippen LogP contribution in [0.5, 0.6) is 0 Å². The summed E-state index contributed by atoms with van der Waals surface area (Å²) in [5.41, 5.74) is 4.68. The molecule has 0 unspecified atom stereocenters. The van der Waals surface area contributed by atoms with Crippen LogP contribution in [0.1, 0.15) is 16.2 Å². The number of nitrogens with two attached hydrogens (primary N) is 1. The molecule has 0 fully saturated rings. The van der Waals surface area contributed by atoms with Crippen molar-refractivity contribution in [3.8, 4) is 10.6 Å². The van der Waals surface area contributed by atoms with Crippen molar-refractivity contribution >= 4 is 39.1 Å². The van der Waals surface area contributed by atoms with Gasteiger partial charge in [-0.3, -0.25) is 14.6 Å². The SMILES string of the molecule is CNc1nc2cc(-c3ccc(C(=O)NN)o3)sc2n2c(C)cnc12. The number of furan rings is 1. The first kappa shape index (κ1) is 14.7. The van der Waals surface area contributed by atoms with Crippen molar-refractivity contribution in [2.24, 2.45) is 5.84 Å². The van der Waals surface area contributed by atoms with Crippen LogP contribution in [0.3, 0.4) is 0 Å². The number of nitrogen functional groups attached to an aromatic ring is 1. The fourth-order valence-electron chi connectivity index (χ4n) is 2.60. The molecular weight excluding hydrogens is 328 g/mol. The van der Waals surface area contributed by atoms with E-state index in [1.165, 1.54) is 11.3 Å². The number of aromatic nitrogens is 3. The largest absolute Gasteiger partial charge is 0.450 e. The predicted molar refractivity (Wildman–Crippen MR) is 92.0 cm³/mol. The van der Waals surface area contributed by atoms with Gasteiger partial charge in [0, 0.05) is 18.9 Å². The summed E-state index contributed by atoms with van der Waals surface area (Å²) in [4.78, 5) is 22.4. The maximum Gasteiger partial charge on any atom is 0.300 e. The minimum atomic E-state index is -0.467. The molecule has 4 N–H and O–H groups in total. The number of aryl methyl sites for hydroxylation is 1. The second-order valence-corrected chi connectivity index (χ2v) is 6.24. The zero-order valence-electron chi connectivity index (χ0n) is 13.0. The van der Waals surface area contributed by atoms with Gasteiger partial charge in [0.25, 0.3) is 0 Å². The van der Waals surface area contributed by atoms with Gasteiger partial charge in [-0.1, -0.05) is 0 Å². The Labute approximate surface area is 140 Å². The second kappa shape index (κ2) is 5.32. The summed E-state index contributed by atoms with van der Waals surface area (Å²) in [6, 6.07) is 5.27. The van der Waals surface area contributed by atoms with Crippen LogP contribution in [0, 0.1) is 6.92 Å². The molecule has 8 nitrogen and oxygen atoms in total. The number of anilines is 1. The molecule has 0 aliphatic carbocycles. The van der Waals surface area contributed by atoms with Crippen molar-refractivity contribution < 1.29 is 9.21 Å². The van der Waals surface area contributed by atoms with Gasteiger partial charge < -0.3 is 9.73 Å². The summed E-state index contributed by atoms with van der Waals surface area (Å²) >= 11 is 1.53. The average molecular weight is 342 g/mol. The van der Waals surface area contributed by atoms with Crippen LogP contribution < -0.4 is 16.6 Å². The van der Waals surface area contributed by atoms with Crippen LogP contribution in [0.15, 0.2) is 28.8 Å². The highest BCUT2D eigenvalue weighted by molar-refractivity contribution is 7.21. The van der Waals surface area contributed by atoms with Gasteiger partial charge in [0.1, 0.15) is 16.1 Å². The van der Waals surface area contributed by atoms with Crippen molar-refractivity contribution in [1.29, 1.82) is 0 Å². The maximum absolute atomic E-state index is 11.5. The highest BCUT2D eigenvalue weighted by Gasteiger charge is 2.17. The molecule has 1 amide bonds. The number of hydrazine groups is 1. The van der Waals surface area contributed by atoms with Gasteiger partial charge in [-0.05, 0) is 25.1 Å². The first-order valence-corrected chi connectivity index (χ1v) is 8.00. The molecule has 0 aliphatic heterocycles. The maximum atomic E-state index is 11.5. The lowest BCUT2D eigenvalue weighted by Crippen LogP contribution is -2.29. The van der Waals surface area contributed by atoms with Gasteiger partial charge in [0.15, 0.2) is 17.2 Å². The van der Waals surface area contributed by atoms with E-state index in [2.05, 4.69) is 25.1 Å². The number of hydrogen-bond acceptors (Lipinski definition) is 7. The Morgan fingerprint density at radius 1 is 1.42 bits per heavy atom. The molecule has 4 aromatic heterocycles. The van der Waals surface area contributed by atoms with E-state index in [9.17, 15) is 4.79 Å². The molecule has 0 spiro atoms. The lowest BCUT2D eigenvalue weighted by Gasteiger charge is -2.04. The number of imidazole rings is 1. The molecule has 0 aromatic carbocycles. The zero-order valence-corrected chi connectivity index (χ0v) is 13.8. The summed E-state index contributed by atoms with van der Waals surface area (Å²) in [5, 5.41) is 3.07. The number of nitrogens with one attached hydrogen (secondary N) is 2. The van der Waals surface area contributed by atoms with E-state index in [-0.39, 0.29) is 5.76 Å². The number of thiophene rings is 1. The van der Waals surface area contributed by atoms with Crippen LogP contribution in [0.2, 0.25) is 0 Å². The van der Waals surface area contributed by atoms with Crippen LogP contribution >= 0.6 is 11.3 Å². The summed E-state index contributed by atoms with van der Waals surface area (Å²) in [7, 11) is 1.82. The third-order valence-corrected chi connectivity index (χ3v) is 4.84. The number of rotatable bonds is 3. The predicted octanol–water partition coefficient (Wildman–Crippen LogP) is 2.16. The fraction of sp³-hybridized carbons (Fsp3) is 0.133. The van der Waals surface area contributed by atoms with E-state index >= 15 is 0 Å². The van der Waals surface area contributed by atoms with Gasteiger partial charge in [-0.2, -0.15) is 0 Å². The van der Waals surface area contributed by atoms with E-state index < -0.39 is 5.91 Å². The molecular formula is C15H14N6O2S. The molecule has 0 bridgehead atoms. The third kappa shape index (κ3) is 2.06. The third-order valence-electron chi connectivity index (χ3n) is 3.72. The van der Waals surface area contributed by atoms with Gasteiger partial charge in [-0.25, -0.2) is 15.8 Å². The van der Waals surface area contributed by atoms with Gasteiger partial charge in [-0.15, -0.1) is 11.3 Å². The summed E-state index contributed by atoms with van der Waals surface area (Å²) in [6.45, 7) is 1.99. The van der Waals surface area contributed by atoms with Gasteiger partial charge in [0.2, 0.25) is 0 Å². The summed E-state index contributed by atoms with van der Waals surface area (Å²) in [5.74, 6) is 6.13. The fourth-order valence-corrected chi connectivity index (χ4v) is 3.72. The highest BCUT2D eigenvalue weighted by Crippen LogP contribution is 2.35. The number of carbonyl (C=O) groups is 1. The van der Waals surface area contributed by atoms with Crippen molar-refractivity contribution in [2.75, 3.05) is 12.4 Å². The molecule has 0 saturated carbocycles. The Hall–Kier alpha value is -2.91. The molecule has 4 heterocycles. The van der Waals surface area contributed by atoms with Crippen molar-refractivity contribution in [2.45, 2.75) is 6.92 Å². The topological polar surface area (TPSA) is 110 Å². The van der Waals surface area contributed by atoms with E-state index in [1.54, 1.807) is 12.1 Å². The number of fused-ring (bicyclic) bond motifs is 3. The van der Waals surface area contributed by atoms with Crippen molar-refractivity contribution in [1.82, 2.24) is 19.8 Å². The minimum absolute atomic E-state index is 0.165. The van der Waals surface area contributed by atoms with E-state index in [0.29, 0.717) is 11.6 Å². The lowest BCUT2D eigenvalue weighted by atomic mass is 10.3. The highest BCUT2D eigenvalue weighted by atomic mass is 32.1. The Bertz CT molecular complexity index is 1080. The molecule has 4 rings (SSSR count). The number of amides is 1.